The molecule has 146 valence electrons. The molecular formula is C19H27N5O3. The number of nitrogens with zero attached hydrogens (tertiary/aromatic N) is 2. The zero-order chi connectivity index (χ0) is 19.6. The van der Waals surface area contributed by atoms with Crippen LogP contribution in [0.1, 0.15) is 31.2 Å². The maximum Gasteiger partial charge on any atom is 0.221 e. The topological polar surface area (TPSA) is 101 Å². The standard InChI is InChI=1S/C19H27N5O3/c1-5-20-19(22-12-18-23-13(2)14(3)27-18)21-9-10-26-17-8-6-7-16(11-17)24-15(4)25/h6-8,11H,5,9-10,12H2,1-4H3,(H,24,25)(H2,20,21,22). The summed E-state index contributed by atoms with van der Waals surface area (Å²) in [6, 6.07) is 7.28. The second-order valence-electron chi connectivity index (χ2n) is 5.93. The molecule has 3 N–H and O–H groups in total. The lowest BCUT2D eigenvalue weighted by atomic mass is 10.3. The number of oxazole rings is 1. The van der Waals surface area contributed by atoms with Crippen molar-refractivity contribution in [1.82, 2.24) is 15.6 Å². The molecule has 0 atom stereocenters. The highest BCUT2D eigenvalue weighted by Gasteiger charge is 2.05. The molecule has 1 amide bonds. The lowest BCUT2D eigenvalue weighted by Crippen LogP contribution is -2.39. The highest BCUT2D eigenvalue weighted by Crippen LogP contribution is 2.17. The van der Waals surface area contributed by atoms with Gasteiger partial charge < -0.3 is 25.1 Å². The van der Waals surface area contributed by atoms with Gasteiger partial charge in [-0.1, -0.05) is 6.07 Å². The van der Waals surface area contributed by atoms with E-state index in [1.54, 1.807) is 6.07 Å². The SMILES string of the molecule is CCNC(=NCc1nc(C)c(C)o1)NCCOc1cccc(NC(C)=O)c1. The van der Waals surface area contributed by atoms with Gasteiger partial charge in [-0.2, -0.15) is 0 Å². The third-order valence-electron chi connectivity index (χ3n) is 3.61. The number of amides is 1. The molecule has 2 rings (SSSR count). The molecule has 1 aromatic heterocycles. The second-order valence-corrected chi connectivity index (χ2v) is 5.93. The fraction of sp³-hybridized carbons (Fsp3) is 0.421. The number of benzene rings is 1. The van der Waals surface area contributed by atoms with E-state index in [-0.39, 0.29) is 5.91 Å². The van der Waals surface area contributed by atoms with Crippen molar-refractivity contribution in [3.63, 3.8) is 0 Å². The first-order valence-electron chi connectivity index (χ1n) is 8.93. The van der Waals surface area contributed by atoms with Gasteiger partial charge in [0.2, 0.25) is 11.8 Å². The summed E-state index contributed by atoms with van der Waals surface area (Å²) < 4.78 is 11.2. The Bertz CT molecular complexity index is 766. The van der Waals surface area contributed by atoms with Gasteiger partial charge in [-0.3, -0.25) is 4.79 Å². The number of aryl methyl sites for hydroxylation is 2. The van der Waals surface area contributed by atoms with Crippen LogP contribution >= 0.6 is 0 Å². The van der Waals surface area contributed by atoms with Crippen LogP contribution in [-0.2, 0) is 11.3 Å². The monoisotopic (exact) mass is 373 g/mol. The van der Waals surface area contributed by atoms with Gasteiger partial charge in [-0.25, -0.2) is 9.98 Å². The number of aromatic nitrogens is 1. The molecule has 8 heteroatoms. The number of anilines is 1. The fourth-order valence-corrected chi connectivity index (χ4v) is 2.30. The van der Waals surface area contributed by atoms with Crippen molar-refractivity contribution >= 4 is 17.6 Å². The highest BCUT2D eigenvalue weighted by molar-refractivity contribution is 5.88. The summed E-state index contributed by atoms with van der Waals surface area (Å²) >= 11 is 0. The Kier molecular flexibility index (Phi) is 7.66. The first-order chi connectivity index (χ1) is 13.0. The quantitative estimate of drug-likeness (QED) is 0.373. The van der Waals surface area contributed by atoms with Crippen LogP contribution in [-0.4, -0.2) is 36.5 Å². The second kappa shape index (κ2) is 10.2. The molecule has 0 fully saturated rings. The van der Waals surface area contributed by atoms with Gasteiger partial charge in [0.25, 0.3) is 0 Å². The number of carbonyl (C=O) groups is 1. The zero-order valence-electron chi connectivity index (χ0n) is 16.3. The molecule has 0 aliphatic carbocycles. The first-order valence-corrected chi connectivity index (χ1v) is 8.93. The molecule has 27 heavy (non-hydrogen) atoms. The third-order valence-corrected chi connectivity index (χ3v) is 3.61. The van der Waals surface area contributed by atoms with Crippen molar-refractivity contribution in [3.05, 3.63) is 41.6 Å². The van der Waals surface area contributed by atoms with Crippen molar-refractivity contribution in [1.29, 1.82) is 0 Å². The van der Waals surface area contributed by atoms with Gasteiger partial charge in [0.15, 0.2) is 5.96 Å². The van der Waals surface area contributed by atoms with Crippen LogP contribution in [0.5, 0.6) is 5.75 Å². The van der Waals surface area contributed by atoms with Gasteiger partial charge in [0.05, 0.1) is 12.2 Å². The summed E-state index contributed by atoms with van der Waals surface area (Å²) in [5, 5.41) is 9.10. The van der Waals surface area contributed by atoms with Crippen molar-refractivity contribution in [2.75, 3.05) is 25.0 Å². The van der Waals surface area contributed by atoms with Crippen LogP contribution in [0.15, 0.2) is 33.7 Å². The molecule has 1 heterocycles. The summed E-state index contributed by atoms with van der Waals surface area (Å²) in [7, 11) is 0. The molecule has 0 spiro atoms. The Morgan fingerprint density at radius 2 is 2.11 bits per heavy atom. The number of ether oxygens (including phenoxy) is 1. The Balaban J connectivity index is 1.81. The van der Waals surface area contributed by atoms with Crippen molar-refractivity contribution < 1.29 is 13.9 Å². The van der Waals surface area contributed by atoms with E-state index in [1.807, 2.05) is 39.0 Å². The van der Waals surface area contributed by atoms with E-state index in [9.17, 15) is 4.79 Å². The number of hydrogen-bond donors (Lipinski definition) is 3. The normalized spacial score (nSPS) is 11.2. The summed E-state index contributed by atoms with van der Waals surface area (Å²) in [5.74, 6) is 2.65. The molecule has 0 saturated heterocycles. The molecular weight excluding hydrogens is 346 g/mol. The minimum absolute atomic E-state index is 0.114. The molecule has 2 aromatic rings. The average Bonchev–Trinajstić information content (AvgIpc) is 2.94. The van der Waals surface area contributed by atoms with E-state index >= 15 is 0 Å². The number of aliphatic imine (C=N–C) groups is 1. The highest BCUT2D eigenvalue weighted by atomic mass is 16.5. The molecule has 0 saturated carbocycles. The fourth-order valence-electron chi connectivity index (χ4n) is 2.30. The maximum absolute atomic E-state index is 11.1. The molecule has 0 aliphatic heterocycles. The first kappa shape index (κ1) is 20.3. The summed E-state index contributed by atoms with van der Waals surface area (Å²) in [6.45, 7) is 9.40. The molecule has 0 aliphatic rings. The average molecular weight is 373 g/mol. The van der Waals surface area contributed by atoms with Gasteiger partial charge in [-0.15, -0.1) is 0 Å². The number of rotatable bonds is 8. The predicted octanol–water partition coefficient (Wildman–Crippen LogP) is 2.38. The van der Waals surface area contributed by atoms with E-state index in [1.165, 1.54) is 6.92 Å². The maximum atomic E-state index is 11.1. The number of carbonyl (C=O) groups excluding carboxylic acids is 1. The molecule has 1 aromatic carbocycles. The predicted molar refractivity (Wildman–Crippen MR) is 105 cm³/mol. The van der Waals surface area contributed by atoms with Crippen LogP contribution < -0.4 is 20.7 Å². The van der Waals surface area contributed by atoms with Crippen LogP contribution in [0.4, 0.5) is 5.69 Å². The van der Waals surface area contributed by atoms with Gasteiger partial charge in [0.1, 0.15) is 24.7 Å². The smallest absolute Gasteiger partial charge is 0.221 e. The number of guanidine groups is 1. The minimum Gasteiger partial charge on any atom is -0.492 e. The molecule has 8 nitrogen and oxygen atoms in total. The minimum atomic E-state index is -0.114. The Morgan fingerprint density at radius 1 is 1.30 bits per heavy atom. The molecule has 0 radical (unpaired) electrons. The summed E-state index contributed by atoms with van der Waals surface area (Å²) in [5.41, 5.74) is 1.59. The number of hydrogen-bond acceptors (Lipinski definition) is 5. The van der Waals surface area contributed by atoms with E-state index < -0.39 is 0 Å². The Hall–Kier alpha value is -3.03. The summed E-state index contributed by atoms with van der Waals surface area (Å²) in [6.07, 6.45) is 0. The van der Waals surface area contributed by atoms with Crippen molar-refractivity contribution in [2.24, 2.45) is 4.99 Å². The van der Waals surface area contributed by atoms with Crippen LogP contribution in [0, 0.1) is 13.8 Å². The molecule has 0 bridgehead atoms. The molecule has 0 unspecified atom stereocenters. The van der Waals surface area contributed by atoms with Crippen LogP contribution in [0.25, 0.3) is 0 Å². The lowest BCUT2D eigenvalue weighted by molar-refractivity contribution is -0.114. The lowest BCUT2D eigenvalue weighted by Gasteiger charge is -2.12. The van der Waals surface area contributed by atoms with Gasteiger partial charge >= 0.3 is 0 Å². The van der Waals surface area contributed by atoms with Gasteiger partial charge in [0, 0.05) is 25.2 Å². The van der Waals surface area contributed by atoms with Crippen LogP contribution in [0.2, 0.25) is 0 Å². The van der Waals surface area contributed by atoms with E-state index in [0.717, 1.165) is 18.0 Å². The van der Waals surface area contributed by atoms with Crippen molar-refractivity contribution in [3.8, 4) is 5.75 Å². The van der Waals surface area contributed by atoms with Crippen LogP contribution in [0.3, 0.4) is 0 Å². The third kappa shape index (κ3) is 7.01. The van der Waals surface area contributed by atoms with E-state index in [2.05, 4.69) is 25.9 Å². The Morgan fingerprint density at radius 3 is 2.78 bits per heavy atom. The zero-order valence-corrected chi connectivity index (χ0v) is 16.3. The Labute approximate surface area is 159 Å². The van der Waals surface area contributed by atoms with E-state index in [0.29, 0.717) is 43.0 Å². The van der Waals surface area contributed by atoms with E-state index in [4.69, 9.17) is 9.15 Å². The summed E-state index contributed by atoms with van der Waals surface area (Å²) in [4.78, 5) is 19.9. The largest absolute Gasteiger partial charge is 0.492 e. The van der Waals surface area contributed by atoms with Gasteiger partial charge in [-0.05, 0) is 32.9 Å². The number of nitrogens with one attached hydrogen (secondary N) is 3. The van der Waals surface area contributed by atoms with Crippen molar-refractivity contribution in [2.45, 2.75) is 34.2 Å².